The molecule has 0 saturated carbocycles. The van der Waals surface area contributed by atoms with Crippen LogP contribution in [0.4, 0.5) is 18.9 Å². The average Bonchev–Trinajstić information content (AvgIpc) is 3.17. The van der Waals surface area contributed by atoms with Gasteiger partial charge in [-0.15, -0.1) is 0 Å². The summed E-state index contributed by atoms with van der Waals surface area (Å²) in [4.78, 5) is 28.6. The number of nitrogens with zero attached hydrogens (tertiary/aromatic N) is 4. The van der Waals surface area contributed by atoms with Crippen LogP contribution in [0, 0.1) is 13.8 Å². The van der Waals surface area contributed by atoms with Gasteiger partial charge < -0.3 is 10.2 Å². The first kappa shape index (κ1) is 23.8. The van der Waals surface area contributed by atoms with Crippen LogP contribution in [0.3, 0.4) is 0 Å². The Kier molecular flexibility index (Phi) is 6.92. The number of halogens is 3. The zero-order chi connectivity index (χ0) is 23.6. The van der Waals surface area contributed by atoms with Crippen LogP contribution in [0.5, 0.6) is 0 Å². The van der Waals surface area contributed by atoms with Crippen molar-refractivity contribution in [2.24, 2.45) is 0 Å². The van der Waals surface area contributed by atoms with Crippen LogP contribution >= 0.6 is 0 Å². The van der Waals surface area contributed by atoms with E-state index in [1.165, 1.54) is 4.90 Å². The van der Waals surface area contributed by atoms with Crippen LogP contribution in [0.2, 0.25) is 0 Å². The van der Waals surface area contributed by atoms with Crippen LogP contribution < -0.4 is 5.32 Å². The number of aryl methyl sites for hydroxylation is 2. The second kappa shape index (κ2) is 9.32. The number of hydrogen-bond donors (Lipinski definition) is 1. The van der Waals surface area contributed by atoms with Crippen molar-refractivity contribution >= 4 is 17.5 Å². The minimum Gasteiger partial charge on any atom is -0.336 e. The smallest absolute Gasteiger partial charge is 0.336 e. The van der Waals surface area contributed by atoms with Gasteiger partial charge in [0.1, 0.15) is 0 Å². The van der Waals surface area contributed by atoms with Crippen LogP contribution in [0.25, 0.3) is 0 Å². The van der Waals surface area contributed by atoms with Gasteiger partial charge in [-0.25, -0.2) is 0 Å². The van der Waals surface area contributed by atoms with E-state index in [0.29, 0.717) is 13.1 Å². The van der Waals surface area contributed by atoms with E-state index in [0.717, 1.165) is 27.7 Å². The molecule has 1 N–H and O–H groups in total. The van der Waals surface area contributed by atoms with Gasteiger partial charge in [-0.2, -0.15) is 18.3 Å². The number of para-hydroxylation sites is 1. The molecule has 174 valence electrons. The van der Waals surface area contributed by atoms with Gasteiger partial charge in [-0.05, 0) is 38.8 Å². The fourth-order valence-electron chi connectivity index (χ4n) is 3.87. The molecule has 1 aliphatic heterocycles. The number of carbonyl (C=O) groups is 2. The summed E-state index contributed by atoms with van der Waals surface area (Å²) in [6, 6.07) is 5.24. The van der Waals surface area contributed by atoms with E-state index >= 15 is 0 Å². The van der Waals surface area contributed by atoms with Crippen molar-refractivity contribution in [2.75, 3.05) is 38.0 Å². The van der Waals surface area contributed by atoms with Gasteiger partial charge >= 0.3 is 6.18 Å². The summed E-state index contributed by atoms with van der Waals surface area (Å²) < 4.78 is 41.6. The van der Waals surface area contributed by atoms with Gasteiger partial charge in [0.2, 0.25) is 5.91 Å². The summed E-state index contributed by atoms with van der Waals surface area (Å²) in [5.74, 6) is -0.858. The maximum Gasteiger partial charge on any atom is 0.433 e. The molecule has 1 aromatic heterocycles. The lowest BCUT2D eigenvalue weighted by Gasteiger charge is -2.34. The molecule has 2 aromatic rings. The topological polar surface area (TPSA) is 70.5 Å². The Bertz CT molecular complexity index is 972. The summed E-state index contributed by atoms with van der Waals surface area (Å²) in [7, 11) is 0. The largest absolute Gasteiger partial charge is 0.433 e. The molecule has 0 radical (unpaired) electrons. The van der Waals surface area contributed by atoms with Crippen molar-refractivity contribution < 1.29 is 22.8 Å². The predicted molar refractivity (Wildman–Crippen MR) is 115 cm³/mol. The number of carbonyl (C=O) groups excluding carboxylic acids is 2. The Morgan fingerprint density at radius 1 is 1.09 bits per heavy atom. The van der Waals surface area contributed by atoms with Crippen molar-refractivity contribution in [3.05, 3.63) is 46.8 Å². The maximum atomic E-state index is 13.6. The highest BCUT2D eigenvalue weighted by molar-refractivity contribution is 5.96. The second-order valence-electron chi connectivity index (χ2n) is 8.33. The van der Waals surface area contributed by atoms with E-state index in [-0.39, 0.29) is 25.5 Å². The number of alkyl halides is 3. The summed E-state index contributed by atoms with van der Waals surface area (Å²) >= 11 is 0. The molecule has 7 nitrogen and oxygen atoms in total. The average molecular weight is 451 g/mol. The molecule has 0 aliphatic carbocycles. The SMILES string of the molecule is Cc1cccc(C)c1NC(=O)CN1CCN(C(=O)c2cnn(C(C)C)c2C(F)(F)F)CC1. The summed E-state index contributed by atoms with van der Waals surface area (Å²) in [6.07, 6.45) is -3.69. The van der Waals surface area contributed by atoms with Crippen molar-refractivity contribution in [3.63, 3.8) is 0 Å². The summed E-state index contributed by atoms with van der Waals surface area (Å²) in [6.45, 7) is 8.41. The fraction of sp³-hybridized carbons (Fsp3) is 0.500. The molecule has 10 heteroatoms. The molecular formula is C22H28F3N5O2. The molecular weight excluding hydrogens is 423 g/mol. The van der Waals surface area contributed by atoms with E-state index in [1.54, 1.807) is 13.8 Å². The van der Waals surface area contributed by atoms with Crippen LogP contribution in [0.1, 0.15) is 47.1 Å². The van der Waals surface area contributed by atoms with E-state index < -0.39 is 29.4 Å². The number of rotatable bonds is 5. The fourth-order valence-corrected chi connectivity index (χ4v) is 3.87. The van der Waals surface area contributed by atoms with Gasteiger partial charge in [0.25, 0.3) is 5.91 Å². The first-order valence-corrected chi connectivity index (χ1v) is 10.5. The number of anilines is 1. The summed E-state index contributed by atoms with van der Waals surface area (Å²) in [5.41, 5.74) is 1.26. The highest BCUT2D eigenvalue weighted by Crippen LogP contribution is 2.34. The molecule has 0 bridgehead atoms. The third-order valence-electron chi connectivity index (χ3n) is 5.56. The molecule has 1 aromatic carbocycles. The van der Waals surface area contributed by atoms with Gasteiger partial charge in [-0.1, -0.05) is 18.2 Å². The molecule has 2 amide bonds. The Hall–Kier alpha value is -2.88. The molecule has 1 saturated heterocycles. The monoisotopic (exact) mass is 451 g/mol. The number of nitrogens with one attached hydrogen (secondary N) is 1. The highest BCUT2D eigenvalue weighted by atomic mass is 19.4. The van der Waals surface area contributed by atoms with E-state index in [9.17, 15) is 22.8 Å². The van der Waals surface area contributed by atoms with Crippen LogP contribution in [0.15, 0.2) is 24.4 Å². The van der Waals surface area contributed by atoms with Crippen molar-refractivity contribution in [1.29, 1.82) is 0 Å². The quantitative estimate of drug-likeness (QED) is 0.756. The number of hydrogen-bond acceptors (Lipinski definition) is 4. The lowest BCUT2D eigenvalue weighted by Crippen LogP contribution is -2.50. The normalized spacial score (nSPS) is 15.3. The zero-order valence-corrected chi connectivity index (χ0v) is 18.7. The van der Waals surface area contributed by atoms with Gasteiger partial charge in [0.05, 0.1) is 18.3 Å². The van der Waals surface area contributed by atoms with Crippen molar-refractivity contribution in [3.8, 4) is 0 Å². The standard InChI is InChI=1S/C22H28F3N5O2/c1-14(2)30-20(22(23,24)25)17(12-26-30)21(32)29-10-8-28(9-11-29)13-18(31)27-19-15(3)6-5-7-16(19)4/h5-7,12,14H,8-11,13H2,1-4H3,(H,27,31). The minimum absolute atomic E-state index is 0.148. The molecule has 0 atom stereocenters. The van der Waals surface area contributed by atoms with Gasteiger partial charge in [-0.3, -0.25) is 19.2 Å². The highest BCUT2D eigenvalue weighted by Gasteiger charge is 2.41. The van der Waals surface area contributed by atoms with Gasteiger partial charge in [0.15, 0.2) is 5.69 Å². The van der Waals surface area contributed by atoms with Crippen molar-refractivity contribution in [2.45, 2.75) is 39.9 Å². The molecule has 0 unspecified atom stereocenters. The first-order valence-electron chi connectivity index (χ1n) is 10.5. The van der Waals surface area contributed by atoms with Crippen LogP contribution in [-0.4, -0.2) is 64.1 Å². The molecule has 3 rings (SSSR count). The molecule has 0 spiro atoms. The third-order valence-corrected chi connectivity index (χ3v) is 5.56. The predicted octanol–water partition coefficient (Wildman–Crippen LogP) is 3.50. The number of aromatic nitrogens is 2. The Morgan fingerprint density at radius 3 is 2.22 bits per heavy atom. The molecule has 1 fully saturated rings. The number of piperazine rings is 1. The second-order valence-corrected chi connectivity index (χ2v) is 8.33. The summed E-state index contributed by atoms with van der Waals surface area (Å²) in [5, 5.41) is 6.72. The van der Waals surface area contributed by atoms with Crippen LogP contribution in [-0.2, 0) is 11.0 Å². The molecule has 1 aliphatic rings. The third kappa shape index (κ3) is 5.12. The Balaban J connectivity index is 1.61. The van der Waals surface area contributed by atoms with E-state index in [4.69, 9.17) is 0 Å². The lowest BCUT2D eigenvalue weighted by atomic mass is 10.1. The van der Waals surface area contributed by atoms with Crippen molar-refractivity contribution in [1.82, 2.24) is 19.6 Å². The molecule has 32 heavy (non-hydrogen) atoms. The first-order chi connectivity index (χ1) is 15.0. The maximum absolute atomic E-state index is 13.6. The van der Waals surface area contributed by atoms with Gasteiger partial charge in [0, 0.05) is 37.9 Å². The Morgan fingerprint density at radius 2 is 1.69 bits per heavy atom. The van der Waals surface area contributed by atoms with E-state index in [1.807, 2.05) is 36.9 Å². The number of amides is 2. The lowest BCUT2D eigenvalue weighted by molar-refractivity contribution is -0.145. The number of benzene rings is 1. The molecule has 2 heterocycles. The van der Waals surface area contributed by atoms with E-state index in [2.05, 4.69) is 10.4 Å². The Labute approximate surface area is 185 Å². The minimum atomic E-state index is -4.68. The zero-order valence-electron chi connectivity index (χ0n) is 18.7.